The molecule has 0 aliphatic rings. The van der Waals surface area contributed by atoms with Gasteiger partial charge in [0, 0.05) is 135 Å². The first-order valence-corrected chi connectivity index (χ1v) is 48.5. The van der Waals surface area contributed by atoms with Crippen molar-refractivity contribution in [3.63, 3.8) is 0 Å². The topological polar surface area (TPSA) is 133 Å². The average molecular weight is 1840 g/mol. The van der Waals surface area contributed by atoms with Gasteiger partial charge in [-0.1, -0.05) is 290 Å². The summed E-state index contributed by atoms with van der Waals surface area (Å²) < 4.78 is 48.9. The number of rotatable bonds is 17. The summed E-state index contributed by atoms with van der Waals surface area (Å²) in [7, 11) is 5.01. The van der Waals surface area contributed by atoms with Crippen molar-refractivity contribution in [3.8, 4) is 40.2 Å². The third kappa shape index (κ3) is 20.0. The molecule has 0 bridgehead atoms. The highest BCUT2D eigenvalue weighted by atomic mass is 35.5. The fraction of sp³-hybridized carbons (Fsp3) is 0.190. The maximum absolute atomic E-state index is 12.5. The Hall–Kier alpha value is -13.3. The Morgan fingerprint density at radius 2 is 0.591 bits per heavy atom. The Balaban J connectivity index is 0.000000118. The van der Waals surface area contributed by atoms with Gasteiger partial charge in [-0.3, -0.25) is 19.2 Å². The van der Waals surface area contributed by atoms with Crippen molar-refractivity contribution in [2.75, 3.05) is 47.8 Å². The lowest BCUT2D eigenvalue weighted by Crippen LogP contribution is -2.02. The molecular weight excluding hydrogens is 1730 g/mol. The highest BCUT2D eigenvalue weighted by Crippen LogP contribution is 2.47. The van der Waals surface area contributed by atoms with E-state index in [0.29, 0.717) is 46.6 Å². The van der Waals surface area contributed by atoms with Gasteiger partial charge in [0.1, 0.15) is 40.2 Å². The highest BCUT2D eigenvalue weighted by molar-refractivity contribution is 7.26. The number of benzene rings is 17. The normalized spacial score (nSPS) is 11.1. The molecule has 17 aromatic carbocycles. The van der Waals surface area contributed by atoms with Gasteiger partial charge >= 0.3 is 0 Å². The van der Waals surface area contributed by atoms with Crippen LogP contribution in [0.5, 0.6) is 40.2 Å². The number of halogens is 1. The summed E-state index contributed by atoms with van der Waals surface area (Å²) in [6.45, 7) is 21.9. The predicted molar refractivity (Wildman–Crippen MR) is 567 cm³/mol. The van der Waals surface area contributed by atoms with Crippen molar-refractivity contribution >= 4 is 202 Å². The summed E-state index contributed by atoms with van der Waals surface area (Å²) in [5, 5.41) is 20.0. The quantitative estimate of drug-likeness (QED) is 0.0637. The molecule has 21 rings (SSSR count). The number of unbranched alkanes of at least 4 members (excludes halogenated alkanes) is 2. The molecule has 4 aromatic heterocycles. The third-order valence-electron chi connectivity index (χ3n) is 23.1. The van der Waals surface area contributed by atoms with Crippen LogP contribution in [0.1, 0.15) is 110 Å². The summed E-state index contributed by atoms with van der Waals surface area (Å²) in [6.07, 6.45) is 4.40. The smallest absolute Gasteiger partial charge is 0.197 e. The van der Waals surface area contributed by atoms with Crippen molar-refractivity contribution in [2.45, 2.75) is 99.8 Å². The van der Waals surface area contributed by atoms with Crippen molar-refractivity contribution in [3.05, 3.63) is 372 Å². The van der Waals surface area contributed by atoms with Crippen LogP contribution in [0.25, 0.3) is 145 Å². The van der Waals surface area contributed by atoms with E-state index in [9.17, 15) is 19.2 Å². The number of methoxy groups -OCH3 is 3. The van der Waals surface area contributed by atoms with Gasteiger partial charge in [0.2, 0.25) is 0 Å². The monoisotopic (exact) mass is 1840 g/mol. The van der Waals surface area contributed by atoms with E-state index in [-0.39, 0.29) is 21.7 Å². The van der Waals surface area contributed by atoms with Gasteiger partial charge in [-0.05, 0) is 148 Å². The molecule has 4 heterocycles. The maximum atomic E-state index is 12.5. The lowest BCUT2D eigenvalue weighted by molar-refractivity contribution is 0.311. The van der Waals surface area contributed by atoms with Crippen molar-refractivity contribution in [2.24, 2.45) is 0 Å². The van der Waals surface area contributed by atoms with Crippen molar-refractivity contribution in [1.82, 2.24) is 0 Å². The zero-order valence-electron chi connectivity index (χ0n) is 76.3. The molecule has 0 atom stereocenters. The molecule has 0 saturated carbocycles. The molecule has 11 nitrogen and oxygen atoms in total. The van der Waals surface area contributed by atoms with Crippen LogP contribution in [0.15, 0.2) is 329 Å². The van der Waals surface area contributed by atoms with Crippen LogP contribution in [0.4, 0.5) is 0 Å². The fourth-order valence-corrected chi connectivity index (χ4v) is 21.5. The molecule has 0 saturated heterocycles. The second-order valence-corrected chi connectivity index (χ2v) is 37.1. The molecular formula is C116H105ClO11S4. The first-order chi connectivity index (χ1) is 64.4. The van der Waals surface area contributed by atoms with E-state index in [4.69, 9.17) is 44.8 Å². The molecule has 0 aliphatic heterocycles. The van der Waals surface area contributed by atoms with Crippen LogP contribution in [-0.2, 0) is 0 Å². The van der Waals surface area contributed by atoms with Crippen molar-refractivity contribution < 1.29 is 33.2 Å². The van der Waals surface area contributed by atoms with Crippen LogP contribution in [0, 0.1) is 6.92 Å². The van der Waals surface area contributed by atoms with Crippen LogP contribution in [0.3, 0.4) is 0 Å². The van der Waals surface area contributed by atoms with Gasteiger partial charge in [0.25, 0.3) is 0 Å². The Morgan fingerprint density at radius 3 is 0.947 bits per heavy atom. The summed E-state index contributed by atoms with van der Waals surface area (Å²) in [5.41, 5.74) is 4.04. The van der Waals surface area contributed by atoms with E-state index < -0.39 is 0 Å². The SMILES string of the molecule is CC(C)c1ccc2sc3ccccc3c(=O)c2c1.CC(C)c1cccc2c(=O)c3ccccc3sc12.CCCCOc1c2ccccc2c(OCCCC)c2ccccc12.CCOc1c2ccccc2c(OCC)c2ccccc12.COc1c2ccccc2c(OC)c2ccccc12.COc1ccc(Cl)c2c(=O)c3ccccc3sc12.Cc1ccc2sc3ccccc3c(=O)c2c1. The van der Waals surface area contributed by atoms with Crippen LogP contribution < -0.4 is 54.9 Å². The van der Waals surface area contributed by atoms with E-state index in [0.717, 1.165) is 214 Å². The van der Waals surface area contributed by atoms with Crippen molar-refractivity contribution in [1.29, 1.82) is 0 Å². The van der Waals surface area contributed by atoms with E-state index in [1.165, 1.54) is 22.5 Å². The Labute approximate surface area is 789 Å². The summed E-state index contributed by atoms with van der Waals surface area (Å²) in [6, 6.07) is 102. The zero-order valence-corrected chi connectivity index (χ0v) is 80.3. The second kappa shape index (κ2) is 43.7. The zero-order chi connectivity index (χ0) is 92.5. The molecule has 0 aliphatic carbocycles. The predicted octanol–water partition coefficient (Wildman–Crippen LogP) is 32.0. The van der Waals surface area contributed by atoms with Crippen LogP contribution in [-0.4, -0.2) is 47.8 Å². The van der Waals surface area contributed by atoms with E-state index in [1.54, 1.807) is 67.5 Å². The molecule has 0 radical (unpaired) electrons. The minimum Gasteiger partial charge on any atom is -0.495 e. The Bertz CT molecular complexity index is 7640. The molecule has 132 heavy (non-hydrogen) atoms. The number of hydrogen-bond donors (Lipinski definition) is 0. The first kappa shape index (κ1) is 93.4. The lowest BCUT2D eigenvalue weighted by Gasteiger charge is -2.17. The third-order valence-corrected chi connectivity index (χ3v) is 28.1. The minimum atomic E-state index is -0.0387. The summed E-state index contributed by atoms with van der Waals surface area (Å²) >= 11 is 12.7. The Kier molecular flexibility index (Phi) is 30.9. The second-order valence-electron chi connectivity index (χ2n) is 32.4. The summed E-state index contributed by atoms with van der Waals surface area (Å²) in [5.74, 6) is 7.24. The average Bonchev–Trinajstić information content (AvgIpc) is 0.779. The standard InChI is InChI=1S/C22H26O2.C18H18O2.C16H14O2.2C16H14OS.C14H9ClO2S.C14H10OS/c1-3-5-15-23-21-17-11-7-9-13-19(17)22(24-16-6-4-2)20-14-10-8-12-18(20)21;1-3-19-17-13-9-5-7-11-15(13)18(20-4-2)16-12-8-6-10-14(16)17;1-17-15-11-7-3-5-9-13(11)16(18-2)14-10-6-4-8-12(14)15;1-10(2)11-7-5-8-13-15(17)12-6-3-4-9-14(12)18-16(11)13;1-10(2)11-7-8-15-13(9-11)16(17)12-5-3-4-6-14(12)18-15;1-17-10-7-6-9(15)12-13(16)8-4-2-3-5-11(8)18-14(10)12;1-9-6-7-13-11(8-9)14(15)10-4-2-3-5-12(10)16-13/h7-14H,3-6,15-16H2,1-2H3;5-12H,3-4H2,1-2H3;3*3-10H,1-2H3;2-7H,1H3;2-8H,1H3. The van der Waals surface area contributed by atoms with E-state index >= 15 is 0 Å². The highest BCUT2D eigenvalue weighted by Gasteiger charge is 2.21. The van der Waals surface area contributed by atoms with Crippen LogP contribution >= 0.6 is 56.9 Å². The molecule has 0 unspecified atom stereocenters. The molecule has 666 valence electrons. The van der Waals surface area contributed by atoms with Gasteiger partial charge in [-0.25, -0.2) is 0 Å². The molecule has 0 spiro atoms. The maximum Gasteiger partial charge on any atom is 0.197 e. The molecule has 16 heteroatoms. The van der Waals surface area contributed by atoms with Gasteiger partial charge in [0.15, 0.2) is 21.7 Å². The summed E-state index contributed by atoms with van der Waals surface area (Å²) in [4.78, 5) is 49.6. The van der Waals surface area contributed by atoms with Gasteiger partial charge in [-0.2, -0.15) is 0 Å². The number of fused-ring (bicyclic) bond motifs is 14. The number of ether oxygens (including phenoxy) is 7. The molecule has 0 fully saturated rings. The number of aryl methyl sites for hydroxylation is 1. The first-order valence-electron chi connectivity index (χ1n) is 44.8. The van der Waals surface area contributed by atoms with Gasteiger partial charge in [0.05, 0.1) is 62.9 Å². The molecule has 0 N–H and O–H groups in total. The fourth-order valence-electron chi connectivity index (χ4n) is 16.5. The Morgan fingerprint density at radius 1 is 0.280 bits per heavy atom. The van der Waals surface area contributed by atoms with E-state index in [2.05, 4.69) is 157 Å². The largest absolute Gasteiger partial charge is 0.495 e. The molecule has 21 aromatic rings. The van der Waals surface area contributed by atoms with Gasteiger partial charge < -0.3 is 33.2 Å². The number of hydrogen-bond acceptors (Lipinski definition) is 15. The minimum absolute atomic E-state index is 0.0387. The van der Waals surface area contributed by atoms with Gasteiger partial charge in [-0.15, -0.1) is 45.3 Å². The lowest BCUT2D eigenvalue weighted by atomic mass is 10.0. The van der Waals surface area contributed by atoms with Crippen LogP contribution in [0.2, 0.25) is 5.02 Å². The molecule has 0 amide bonds. The van der Waals surface area contributed by atoms with E-state index in [1.807, 2.05) is 203 Å².